The Morgan fingerprint density at radius 3 is 2.79 bits per heavy atom. The number of ether oxygens (including phenoxy) is 2. The fourth-order valence-electron chi connectivity index (χ4n) is 3.79. The number of aryl methyl sites for hydroxylation is 1. The van der Waals surface area contributed by atoms with Gasteiger partial charge in [0.15, 0.2) is 6.61 Å². The summed E-state index contributed by atoms with van der Waals surface area (Å²) in [6.07, 6.45) is 0.711. The Morgan fingerprint density at radius 1 is 1.14 bits per heavy atom. The summed E-state index contributed by atoms with van der Waals surface area (Å²) < 4.78 is 11.9. The van der Waals surface area contributed by atoms with Gasteiger partial charge in [0.05, 0.1) is 6.04 Å². The molecule has 0 bridgehead atoms. The van der Waals surface area contributed by atoms with Crippen LogP contribution in [0, 0.1) is 6.92 Å². The molecule has 0 saturated carbocycles. The molecule has 1 atom stereocenters. The number of benzene rings is 3. The molecule has 28 heavy (non-hydrogen) atoms. The monoisotopic (exact) mass is 375 g/mol. The zero-order chi connectivity index (χ0) is 19.7. The van der Waals surface area contributed by atoms with Crippen LogP contribution in [0.2, 0.25) is 0 Å². The number of hydrogen-bond donors (Lipinski definition) is 1. The summed E-state index contributed by atoms with van der Waals surface area (Å²) >= 11 is 0. The Labute approximate surface area is 165 Å². The number of fused-ring (bicyclic) bond motifs is 2. The third-order valence-corrected chi connectivity index (χ3v) is 5.07. The predicted molar refractivity (Wildman–Crippen MR) is 111 cm³/mol. The van der Waals surface area contributed by atoms with E-state index in [1.54, 1.807) is 0 Å². The second-order valence-electron chi connectivity index (χ2n) is 7.99. The molecule has 4 nitrogen and oxygen atoms in total. The van der Waals surface area contributed by atoms with Crippen LogP contribution in [0.5, 0.6) is 11.5 Å². The average molecular weight is 375 g/mol. The molecule has 144 valence electrons. The van der Waals surface area contributed by atoms with Gasteiger partial charge >= 0.3 is 0 Å². The molecule has 1 aliphatic rings. The maximum atomic E-state index is 12.6. The fourth-order valence-corrected chi connectivity index (χ4v) is 3.79. The van der Waals surface area contributed by atoms with E-state index in [4.69, 9.17) is 9.47 Å². The SMILES string of the molecule is Cc1ccc2c(c1)OC(C)(C)CC2NC(=O)COc1cccc2ccccc12. The number of amides is 1. The summed E-state index contributed by atoms with van der Waals surface area (Å²) in [5.41, 5.74) is 1.82. The molecule has 0 aromatic heterocycles. The van der Waals surface area contributed by atoms with Crippen LogP contribution in [0.3, 0.4) is 0 Å². The van der Waals surface area contributed by atoms with E-state index in [9.17, 15) is 4.79 Å². The molecule has 0 saturated heterocycles. The minimum Gasteiger partial charge on any atom is -0.487 e. The molecule has 1 aliphatic heterocycles. The average Bonchev–Trinajstić information content (AvgIpc) is 2.65. The lowest BCUT2D eigenvalue weighted by Crippen LogP contribution is -2.42. The maximum absolute atomic E-state index is 12.6. The molecule has 1 heterocycles. The highest BCUT2D eigenvalue weighted by atomic mass is 16.5. The van der Waals surface area contributed by atoms with Gasteiger partial charge < -0.3 is 14.8 Å². The zero-order valence-electron chi connectivity index (χ0n) is 16.5. The number of hydrogen-bond acceptors (Lipinski definition) is 3. The molecule has 0 fully saturated rings. The molecule has 0 spiro atoms. The molecular formula is C24H25NO3. The van der Waals surface area contributed by atoms with Crippen molar-refractivity contribution in [3.63, 3.8) is 0 Å². The fraction of sp³-hybridized carbons (Fsp3) is 0.292. The second-order valence-corrected chi connectivity index (χ2v) is 7.99. The third-order valence-electron chi connectivity index (χ3n) is 5.07. The van der Waals surface area contributed by atoms with E-state index >= 15 is 0 Å². The lowest BCUT2D eigenvalue weighted by atomic mass is 9.89. The summed E-state index contributed by atoms with van der Waals surface area (Å²) in [5, 5.41) is 5.22. The van der Waals surface area contributed by atoms with Gasteiger partial charge in [0, 0.05) is 17.4 Å². The first-order valence-corrected chi connectivity index (χ1v) is 9.61. The van der Waals surface area contributed by atoms with E-state index in [2.05, 4.69) is 5.32 Å². The number of carbonyl (C=O) groups excluding carboxylic acids is 1. The molecule has 4 rings (SSSR count). The first kappa shape index (κ1) is 18.4. The number of nitrogens with one attached hydrogen (secondary N) is 1. The molecule has 1 amide bonds. The van der Waals surface area contributed by atoms with Crippen molar-refractivity contribution in [3.05, 3.63) is 71.8 Å². The van der Waals surface area contributed by atoms with E-state index < -0.39 is 0 Å². The lowest BCUT2D eigenvalue weighted by Gasteiger charge is -2.38. The van der Waals surface area contributed by atoms with E-state index in [0.717, 1.165) is 33.4 Å². The van der Waals surface area contributed by atoms with Gasteiger partial charge in [0.2, 0.25) is 0 Å². The summed E-state index contributed by atoms with van der Waals surface area (Å²) in [4.78, 5) is 12.6. The van der Waals surface area contributed by atoms with Gasteiger partial charge in [0.25, 0.3) is 5.91 Å². The quantitative estimate of drug-likeness (QED) is 0.702. The third kappa shape index (κ3) is 3.81. The van der Waals surface area contributed by atoms with Crippen molar-refractivity contribution in [2.45, 2.75) is 38.8 Å². The first-order valence-electron chi connectivity index (χ1n) is 9.61. The number of carbonyl (C=O) groups is 1. The minimum absolute atomic E-state index is 0.0208. The predicted octanol–water partition coefficient (Wildman–Crippen LogP) is 4.95. The molecule has 0 aliphatic carbocycles. The van der Waals surface area contributed by atoms with Crippen LogP contribution < -0.4 is 14.8 Å². The van der Waals surface area contributed by atoms with Crippen LogP contribution in [0.4, 0.5) is 0 Å². The van der Waals surface area contributed by atoms with Crippen molar-refractivity contribution in [1.82, 2.24) is 5.32 Å². The Bertz CT molecular complexity index is 1020. The largest absolute Gasteiger partial charge is 0.487 e. The summed E-state index contributed by atoms with van der Waals surface area (Å²) in [6.45, 7) is 6.11. The summed E-state index contributed by atoms with van der Waals surface area (Å²) in [5.74, 6) is 1.43. The summed E-state index contributed by atoms with van der Waals surface area (Å²) in [7, 11) is 0. The van der Waals surface area contributed by atoms with Crippen molar-refractivity contribution >= 4 is 16.7 Å². The molecule has 4 heteroatoms. The highest BCUT2D eigenvalue weighted by Gasteiger charge is 2.34. The van der Waals surface area contributed by atoms with Crippen molar-refractivity contribution in [2.24, 2.45) is 0 Å². The highest BCUT2D eigenvalue weighted by Crippen LogP contribution is 2.39. The van der Waals surface area contributed by atoms with Crippen LogP contribution in [-0.2, 0) is 4.79 Å². The van der Waals surface area contributed by atoms with Crippen molar-refractivity contribution < 1.29 is 14.3 Å². The van der Waals surface area contributed by atoms with E-state index in [0.29, 0.717) is 6.42 Å². The highest BCUT2D eigenvalue weighted by molar-refractivity contribution is 5.88. The molecule has 1 N–H and O–H groups in total. The molecule has 3 aromatic rings. The molecule has 1 unspecified atom stereocenters. The van der Waals surface area contributed by atoms with Crippen molar-refractivity contribution in [1.29, 1.82) is 0 Å². The van der Waals surface area contributed by atoms with Crippen LogP contribution in [0.25, 0.3) is 10.8 Å². The van der Waals surface area contributed by atoms with Crippen LogP contribution in [-0.4, -0.2) is 18.1 Å². The van der Waals surface area contributed by atoms with Gasteiger partial charge in [-0.1, -0.05) is 48.5 Å². The standard InChI is InChI=1S/C24H25NO3/c1-16-11-12-19-20(14-24(2,3)28-22(19)13-16)25-23(26)15-27-21-10-6-8-17-7-4-5-9-18(17)21/h4-13,20H,14-15H2,1-3H3,(H,25,26). The Kier molecular flexibility index (Phi) is 4.71. The van der Waals surface area contributed by atoms with Gasteiger partial charge in [-0.2, -0.15) is 0 Å². The minimum atomic E-state index is -0.338. The summed E-state index contributed by atoms with van der Waals surface area (Å²) in [6, 6.07) is 19.9. The normalized spacial score (nSPS) is 17.5. The van der Waals surface area contributed by atoms with Gasteiger partial charge in [-0.3, -0.25) is 4.79 Å². The van der Waals surface area contributed by atoms with E-state index in [1.807, 2.05) is 81.4 Å². The van der Waals surface area contributed by atoms with Gasteiger partial charge in [-0.05, 0) is 43.9 Å². The maximum Gasteiger partial charge on any atom is 0.258 e. The topological polar surface area (TPSA) is 47.6 Å². The van der Waals surface area contributed by atoms with Crippen molar-refractivity contribution in [3.8, 4) is 11.5 Å². The second kappa shape index (κ2) is 7.19. The molecule has 3 aromatic carbocycles. The van der Waals surface area contributed by atoms with Gasteiger partial charge in [-0.15, -0.1) is 0 Å². The van der Waals surface area contributed by atoms with Gasteiger partial charge in [0.1, 0.15) is 17.1 Å². The Hall–Kier alpha value is -3.01. The first-order chi connectivity index (χ1) is 13.4. The van der Waals surface area contributed by atoms with E-state index in [1.165, 1.54) is 0 Å². The lowest BCUT2D eigenvalue weighted by molar-refractivity contribution is -0.124. The van der Waals surface area contributed by atoms with Crippen LogP contribution in [0.15, 0.2) is 60.7 Å². The Balaban J connectivity index is 1.48. The molecule has 0 radical (unpaired) electrons. The smallest absolute Gasteiger partial charge is 0.258 e. The zero-order valence-corrected chi connectivity index (χ0v) is 16.5. The van der Waals surface area contributed by atoms with Crippen molar-refractivity contribution in [2.75, 3.05) is 6.61 Å². The van der Waals surface area contributed by atoms with Gasteiger partial charge in [-0.25, -0.2) is 0 Å². The van der Waals surface area contributed by atoms with E-state index in [-0.39, 0.29) is 24.2 Å². The molecular weight excluding hydrogens is 350 g/mol. The number of rotatable bonds is 4. The van der Waals surface area contributed by atoms with Crippen LogP contribution in [0.1, 0.15) is 37.4 Å². The Morgan fingerprint density at radius 2 is 1.93 bits per heavy atom. The van der Waals surface area contributed by atoms with Crippen LogP contribution >= 0.6 is 0 Å².